The fourth-order valence-electron chi connectivity index (χ4n) is 2.84. The summed E-state index contributed by atoms with van der Waals surface area (Å²) in [6, 6.07) is 15.8. The summed E-state index contributed by atoms with van der Waals surface area (Å²) in [5.41, 5.74) is 3.68. The SMILES string of the molecule is Cc1ccc(C)n1-c1cccc(C(=O)OCC(=O)Nc2cc(Cl)ccc2Cl)c1. The maximum atomic E-state index is 12.4. The summed E-state index contributed by atoms with van der Waals surface area (Å²) in [5, 5.41) is 3.35. The number of hydrogen-bond donors (Lipinski definition) is 1. The van der Waals surface area contributed by atoms with Gasteiger partial charge in [-0.3, -0.25) is 4.79 Å². The molecule has 0 radical (unpaired) electrons. The van der Waals surface area contributed by atoms with Crippen LogP contribution in [0.15, 0.2) is 54.6 Å². The number of aromatic nitrogens is 1. The van der Waals surface area contributed by atoms with Gasteiger partial charge in [-0.15, -0.1) is 0 Å². The van der Waals surface area contributed by atoms with Crippen LogP contribution in [-0.2, 0) is 9.53 Å². The van der Waals surface area contributed by atoms with E-state index in [1.54, 1.807) is 30.3 Å². The van der Waals surface area contributed by atoms with Gasteiger partial charge < -0.3 is 14.6 Å². The van der Waals surface area contributed by atoms with Crippen molar-refractivity contribution in [3.8, 4) is 5.69 Å². The third-order valence-corrected chi connectivity index (χ3v) is 4.71. The normalized spacial score (nSPS) is 10.6. The highest BCUT2D eigenvalue weighted by Crippen LogP contribution is 2.25. The molecule has 0 aliphatic rings. The van der Waals surface area contributed by atoms with E-state index in [2.05, 4.69) is 5.32 Å². The second-order valence-corrected chi connectivity index (χ2v) is 7.09. The van der Waals surface area contributed by atoms with E-state index in [0.29, 0.717) is 21.3 Å². The molecule has 0 atom stereocenters. The predicted molar refractivity (Wildman–Crippen MR) is 111 cm³/mol. The molecular weight excluding hydrogens is 399 g/mol. The number of aryl methyl sites for hydroxylation is 2. The van der Waals surface area contributed by atoms with Crippen molar-refractivity contribution in [2.75, 3.05) is 11.9 Å². The first kappa shape index (κ1) is 20.0. The first-order valence-corrected chi connectivity index (χ1v) is 9.28. The van der Waals surface area contributed by atoms with Crippen LogP contribution in [0.25, 0.3) is 5.69 Å². The lowest BCUT2D eigenvalue weighted by molar-refractivity contribution is -0.119. The Bertz CT molecular complexity index is 1020. The van der Waals surface area contributed by atoms with Crippen molar-refractivity contribution in [3.63, 3.8) is 0 Å². The number of carbonyl (C=O) groups is 2. The quantitative estimate of drug-likeness (QED) is 0.581. The molecule has 3 aromatic rings. The summed E-state index contributed by atoms with van der Waals surface area (Å²) < 4.78 is 7.16. The summed E-state index contributed by atoms with van der Waals surface area (Å²) >= 11 is 11.9. The van der Waals surface area contributed by atoms with Crippen LogP contribution in [0.5, 0.6) is 0 Å². The molecule has 2 aromatic carbocycles. The first-order chi connectivity index (χ1) is 13.3. The first-order valence-electron chi connectivity index (χ1n) is 8.52. The Hall–Kier alpha value is -2.76. The number of nitrogens with zero attached hydrogens (tertiary/aromatic N) is 1. The van der Waals surface area contributed by atoms with Crippen molar-refractivity contribution in [1.29, 1.82) is 0 Å². The summed E-state index contributed by atoms with van der Waals surface area (Å²) in [7, 11) is 0. The number of nitrogens with one attached hydrogen (secondary N) is 1. The van der Waals surface area contributed by atoms with Gasteiger partial charge in [0.25, 0.3) is 5.91 Å². The molecule has 0 bridgehead atoms. The molecule has 1 amide bonds. The summed E-state index contributed by atoms with van der Waals surface area (Å²) in [6.07, 6.45) is 0. The molecule has 0 saturated carbocycles. The Morgan fingerprint density at radius 1 is 1.00 bits per heavy atom. The number of anilines is 1. The van der Waals surface area contributed by atoms with Gasteiger partial charge in [-0.25, -0.2) is 4.79 Å². The highest BCUT2D eigenvalue weighted by Gasteiger charge is 2.13. The molecular formula is C21H18Cl2N2O3. The van der Waals surface area contributed by atoms with Crippen LogP contribution in [0, 0.1) is 13.8 Å². The second-order valence-electron chi connectivity index (χ2n) is 6.25. The van der Waals surface area contributed by atoms with Gasteiger partial charge >= 0.3 is 5.97 Å². The number of hydrogen-bond acceptors (Lipinski definition) is 3. The highest BCUT2D eigenvalue weighted by atomic mass is 35.5. The second kappa shape index (κ2) is 8.50. The molecule has 7 heteroatoms. The van der Waals surface area contributed by atoms with Crippen LogP contribution in [0.2, 0.25) is 10.0 Å². The molecule has 0 fully saturated rings. The Morgan fingerprint density at radius 2 is 1.71 bits per heavy atom. The third kappa shape index (κ3) is 4.55. The van der Waals surface area contributed by atoms with E-state index in [0.717, 1.165) is 17.1 Å². The van der Waals surface area contributed by atoms with Crippen molar-refractivity contribution in [3.05, 3.63) is 81.6 Å². The fourth-order valence-corrected chi connectivity index (χ4v) is 3.18. The van der Waals surface area contributed by atoms with Gasteiger partial charge in [-0.05, 0) is 62.4 Å². The number of esters is 1. The standard InChI is InChI=1S/C21H18Cl2N2O3/c1-13-6-7-14(2)25(13)17-5-3-4-15(10-17)21(27)28-12-20(26)24-19-11-16(22)8-9-18(19)23/h3-11H,12H2,1-2H3,(H,24,26). The van der Waals surface area contributed by atoms with Crippen LogP contribution in [0.1, 0.15) is 21.7 Å². The predicted octanol–water partition coefficient (Wildman–Crippen LogP) is 5.20. The van der Waals surface area contributed by atoms with Gasteiger partial charge in [0.1, 0.15) is 0 Å². The van der Waals surface area contributed by atoms with E-state index in [-0.39, 0.29) is 0 Å². The largest absolute Gasteiger partial charge is 0.452 e. The summed E-state index contributed by atoms with van der Waals surface area (Å²) in [5.74, 6) is -1.09. The molecule has 28 heavy (non-hydrogen) atoms. The van der Waals surface area contributed by atoms with Crippen molar-refractivity contribution in [2.24, 2.45) is 0 Å². The van der Waals surface area contributed by atoms with E-state index in [4.69, 9.17) is 27.9 Å². The average molecular weight is 417 g/mol. The molecule has 3 rings (SSSR count). The van der Waals surface area contributed by atoms with Crippen molar-refractivity contribution >= 4 is 40.8 Å². The Morgan fingerprint density at radius 3 is 2.43 bits per heavy atom. The Kier molecular flexibility index (Phi) is 6.07. The van der Waals surface area contributed by atoms with E-state index in [9.17, 15) is 9.59 Å². The number of carbonyl (C=O) groups excluding carboxylic acids is 2. The van der Waals surface area contributed by atoms with E-state index in [1.807, 2.05) is 36.6 Å². The van der Waals surface area contributed by atoms with Gasteiger partial charge in [-0.2, -0.15) is 0 Å². The molecule has 0 aliphatic heterocycles. The molecule has 1 heterocycles. The van der Waals surface area contributed by atoms with Crippen LogP contribution < -0.4 is 5.32 Å². The van der Waals surface area contributed by atoms with Crippen LogP contribution in [-0.4, -0.2) is 23.1 Å². The molecule has 144 valence electrons. The van der Waals surface area contributed by atoms with Crippen LogP contribution in [0.4, 0.5) is 5.69 Å². The molecule has 0 unspecified atom stereocenters. The molecule has 0 saturated heterocycles. The Labute approximate surface area is 172 Å². The van der Waals surface area contributed by atoms with E-state index in [1.165, 1.54) is 6.07 Å². The Balaban J connectivity index is 1.66. The number of amides is 1. The number of halogens is 2. The zero-order chi connectivity index (χ0) is 20.3. The van der Waals surface area contributed by atoms with E-state index >= 15 is 0 Å². The van der Waals surface area contributed by atoms with Crippen molar-refractivity contribution < 1.29 is 14.3 Å². The molecule has 5 nitrogen and oxygen atoms in total. The average Bonchev–Trinajstić information content (AvgIpc) is 3.01. The zero-order valence-electron chi connectivity index (χ0n) is 15.3. The minimum atomic E-state index is -0.586. The highest BCUT2D eigenvalue weighted by molar-refractivity contribution is 6.35. The molecule has 1 N–H and O–H groups in total. The minimum absolute atomic E-state index is 0.342. The van der Waals surface area contributed by atoms with E-state index < -0.39 is 18.5 Å². The fraction of sp³-hybridized carbons (Fsp3) is 0.143. The lowest BCUT2D eigenvalue weighted by atomic mass is 10.2. The summed E-state index contributed by atoms with van der Waals surface area (Å²) in [6.45, 7) is 3.54. The lowest BCUT2D eigenvalue weighted by Crippen LogP contribution is -2.21. The summed E-state index contributed by atoms with van der Waals surface area (Å²) in [4.78, 5) is 24.4. The van der Waals surface area contributed by atoms with Gasteiger partial charge in [0.05, 0.1) is 16.3 Å². The van der Waals surface area contributed by atoms with Crippen molar-refractivity contribution in [2.45, 2.75) is 13.8 Å². The zero-order valence-corrected chi connectivity index (χ0v) is 16.8. The third-order valence-electron chi connectivity index (χ3n) is 4.15. The maximum Gasteiger partial charge on any atom is 0.338 e. The molecule has 0 spiro atoms. The number of benzene rings is 2. The van der Waals surface area contributed by atoms with Gasteiger partial charge in [0.2, 0.25) is 0 Å². The number of rotatable bonds is 5. The van der Waals surface area contributed by atoms with Crippen LogP contribution in [0.3, 0.4) is 0 Å². The monoisotopic (exact) mass is 416 g/mol. The lowest BCUT2D eigenvalue weighted by Gasteiger charge is -2.11. The molecule has 0 aliphatic carbocycles. The topological polar surface area (TPSA) is 60.3 Å². The van der Waals surface area contributed by atoms with Gasteiger partial charge in [0, 0.05) is 22.1 Å². The smallest absolute Gasteiger partial charge is 0.338 e. The number of ether oxygens (including phenoxy) is 1. The van der Waals surface area contributed by atoms with Crippen LogP contribution >= 0.6 is 23.2 Å². The van der Waals surface area contributed by atoms with Crippen molar-refractivity contribution in [1.82, 2.24) is 4.57 Å². The molecule has 1 aromatic heterocycles. The van der Waals surface area contributed by atoms with Gasteiger partial charge in [-0.1, -0.05) is 29.3 Å². The van der Waals surface area contributed by atoms with Gasteiger partial charge in [0.15, 0.2) is 6.61 Å². The minimum Gasteiger partial charge on any atom is -0.452 e. The maximum absolute atomic E-state index is 12.4.